The van der Waals surface area contributed by atoms with Crippen LogP contribution in [0.1, 0.15) is 11.1 Å². The van der Waals surface area contributed by atoms with Crippen molar-refractivity contribution in [2.24, 2.45) is 5.10 Å². The number of benzene rings is 4. The molecule has 41 heavy (non-hydrogen) atoms. The van der Waals surface area contributed by atoms with Gasteiger partial charge in [0.1, 0.15) is 12.2 Å². The fraction of sp³-hybridized carbons (Fsp3) is 0.0645. The van der Waals surface area contributed by atoms with Crippen LogP contribution in [-0.4, -0.2) is 23.0 Å². The molecule has 7 nitrogen and oxygen atoms in total. The van der Waals surface area contributed by atoms with Crippen molar-refractivity contribution in [2.75, 3.05) is 7.11 Å². The molecule has 0 radical (unpaired) electrons. The summed E-state index contributed by atoms with van der Waals surface area (Å²) in [5.74, 6) is 1.67. The van der Waals surface area contributed by atoms with Gasteiger partial charge in [-0.25, -0.2) is 4.98 Å². The smallest absolute Gasteiger partial charge is 0.282 e. The number of furan rings is 1. The van der Waals surface area contributed by atoms with Gasteiger partial charge in [0.2, 0.25) is 5.82 Å². The van der Waals surface area contributed by atoms with Gasteiger partial charge >= 0.3 is 0 Å². The summed E-state index contributed by atoms with van der Waals surface area (Å²) in [4.78, 5) is 18.3. The predicted molar refractivity (Wildman–Crippen MR) is 166 cm³/mol. The molecule has 2 heterocycles. The van der Waals surface area contributed by atoms with Crippen molar-refractivity contribution in [2.45, 2.75) is 6.61 Å². The van der Waals surface area contributed by atoms with E-state index in [1.165, 1.54) is 4.68 Å². The molecular formula is C31H20BrCl2N3O4. The zero-order valence-corrected chi connectivity index (χ0v) is 24.6. The molecule has 6 aromatic rings. The van der Waals surface area contributed by atoms with Gasteiger partial charge in [0.05, 0.1) is 24.2 Å². The van der Waals surface area contributed by atoms with Gasteiger partial charge in [-0.2, -0.15) is 9.78 Å². The van der Waals surface area contributed by atoms with Gasteiger partial charge in [-0.3, -0.25) is 4.79 Å². The summed E-state index contributed by atoms with van der Waals surface area (Å²) in [5.41, 5.74) is 2.42. The summed E-state index contributed by atoms with van der Waals surface area (Å²) in [7, 11) is 1.56. The summed E-state index contributed by atoms with van der Waals surface area (Å²) in [6, 6.07) is 25.2. The van der Waals surface area contributed by atoms with E-state index in [1.54, 1.807) is 67.9 Å². The second-order valence-corrected chi connectivity index (χ2v) is 10.8. The van der Waals surface area contributed by atoms with Crippen LogP contribution < -0.4 is 15.0 Å². The second kappa shape index (κ2) is 11.4. The Kier molecular flexibility index (Phi) is 7.53. The van der Waals surface area contributed by atoms with E-state index in [-0.39, 0.29) is 11.4 Å². The number of fused-ring (bicyclic) bond motifs is 2. The van der Waals surface area contributed by atoms with Gasteiger partial charge < -0.3 is 13.9 Å². The highest BCUT2D eigenvalue weighted by molar-refractivity contribution is 9.10. The maximum absolute atomic E-state index is 13.6. The Labute approximate surface area is 252 Å². The maximum atomic E-state index is 13.6. The second-order valence-electron chi connectivity index (χ2n) is 9.05. The summed E-state index contributed by atoms with van der Waals surface area (Å²) in [6.07, 6.45) is 1.55. The van der Waals surface area contributed by atoms with E-state index in [9.17, 15) is 4.79 Å². The third-order valence-corrected chi connectivity index (χ3v) is 7.53. The summed E-state index contributed by atoms with van der Waals surface area (Å²) in [6.45, 7) is 0.331. The average molecular weight is 649 g/mol. The summed E-state index contributed by atoms with van der Waals surface area (Å²) in [5, 5.41) is 6.99. The number of rotatable bonds is 7. The number of hydrogen-bond acceptors (Lipinski definition) is 6. The Morgan fingerprint density at radius 1 is 0.976 bits per heavy atom. The predicted octanol–water partition coefficient (Wildman–Crippen LogP) is 8.35. The number of halogens is 3. The number of nitrogens with zero attached hydrogens (tertiary/aromatic N) is 3. The van der Waals surface area contributed by atoms with Crippen LogP contribution >= 0.6 is 39.1 Å². The van der Waals surface area contributed by atoms with Crippen LogP contribution in [0.3, 0.4) is 0 Å². The van der Waals surface area contributed by atoms with Gasteiger partial charge in [-0.1, -0.05) is 47.5 Å². The molecule has 0 aliphatic carbocycles. The normalized spacial score (nSPS) is 11.5. The SMILES string of the molecule is COc1cc(C=Nn2c(-c3cc4cc(Cl)ccc4o3)nc3ccccc3c2=O)c(Br)cc1OCc1ccc(Cl)cc1. The standard InChI is InChI=1S/C31H20BrCl2N3O4/c1-39-27-14-20(24(32)15-28(27)40-17-18-6-8-21(33)9-7-18)16-35-37-30(36-25-5-3-2-4-23(25)31(37)38)29-13-19-12-22(34)10-11-26(19)41-29/h2-16H,17H2,1H3. The molecule has 0 atom stereocenters. The number of para-hydroxylation sites is 1. The molecule has 2 aromatic heterocycles. The zero-order chi connectivity index (χ0) is 28.5. The minimum Gasteiger partial charge on any atom is -0.493 e. The van der Waals surface area contributed by atoms with Crippen molar-refractivity contribution < 1.29 is 13.9 Å². The third-order valence-electron chi connectivity index (χ3n) is 6.36. The summed E-state index contributed by atoms with van der Waals surface area (Å²) < 4.78 is 19.5. The van der Waals surface area contributed by atoms with Crippen LogP contribution in [0, 0.1) is 0 Å². The topological polar surface area (TPSA) is 78.9 Å². The minimum absolute atomic E-state index is 0.253. The molecule has 0 aliphatic rings. The van der Waals surface area contributed by atoms with Gasteiger partial charge in [0.25, 0.3) is 5.56 Å². The lowest BCUT2D eigenvalue weighted by Gasteiger charge is -2.13. The molecule has 0 unspecified atom stereocenters. The highest BCUT2D eigenvalue weighted by Crippen LogP contribution is 2.34. The lowest BCUT2D eigenvalue weighted by Crippen LogP contribution is -2.20. The van der Waals surface area contributed by atoms with Crippen LogP contribution in [0.15, 0.2) is 104 Å². The maximum Gasteiger partial charge on any atom is 0.282 e. The van der Waals surface area contributed by atoms with E-state index in [1.807, 2.05) is 30.3 Å². The van der Waals surface area contributed by atoms with Crippen molar-refractivity contribution in [3.63, 3.8) is 0 Å². The molecule has 0 N–H and O–H groups in total. The van der Waals surface area contributed by atoms with Crippen LogP contribution in [0.25, 0.3) is 33.5 Å². The highest BCUT2D eigenvalue weighted by atomic mass is 79.9. The Hall–Kier alpha value is -4.11. The monoisotopic (exact) mass is 647 g/mol. The van der Waals surface area contributed by atoms with Crippen LogP contribution in [-0.2, 0) is 6.61 Å². The van der Waals surface area contributed by atoms with Crippen molar-refractivity contribution in [1.82, 2.24) is 9.66 Å². The first kappa shape index (κ1) is 27.1. The molecule has 0 aliphatic heterocycles. The van der Waals surface area contributed by atoms with Gasteiger partial charge in [-0.15, -0.1) is 0 Å². The van der Waals surface area contributed by atoms with E-state index < -0.39 is 0 Å². The number of ether oxygens (including phenoxy) is 2. The van der Waals surface area contributed by atoms with Gasteiger partial charge in [0, 0.05) is 25.5 Å². The fourth-order valence-corrected chi connectivity index (χ4v) is 5.03. The molecule has 0 amide bonds. The molecular weight excluding hydrogens is 629 g/mol. The Bertz CT molecular complexity index is 2000. The zero-order valence-electron chi connectivity index (χ0n) is 21.5. The van der Waals surface area contributed by atoms with Crippen LogP contribution in [0.4, 0.5) is 0 Å². The lowest BCUT2D eigenvalue weighted by molar-refractivity contribution is 0.284. The Morgan fingerprint density at radius 3 is 2.56 bits per heavy atom. The largest absolute Gasteiger partial charge is 0.493 e. The van der Waals surface area contributed by atoms with E-state index in [0.717, 1.165) is 10.9 Å². The number of aromatic nitrogens is 2. The lowest BCUT2D eigenvalue weighted by atomic mass is 10.2. The first-order valence-electron chi connectivity index (χ1n) is 12.4. The number of hydrogen-bond donors (Lipinski definition) is 0. The summed E-state index contributed by atoms with van der Waals surface area (Å²) >= 11 is 15.7. The van der Waals surface area contributed by atoms with Crippen LogP contribution in [0.5, 0.6) is 11.5 Å². The van der Waals surface area contributed by atoms with Crippen molar-refractivity contribution in [3.05, 3.63) is 121 Å². The molecule has 0 spiro atoms. The number of methoxy groups -OCH3 is 1. The minimum atomic E-state index is -0.341. The molecule has 0 bridgehead atoms. The highest BCUT2D eigenvalue weighted by Gasteiger charge is 2.17. The van der Waals surface area contributed by atoms with E-state index in [2.05, 4.69) is 21.0 Å². The average Bonchev–Trinajstić information content (AvgIpc) is 3.40. The fourth-order valence-electron chi connectivity index (χ4n) is 4.30. The quantitative estimate of drug-likeness (QED) is 0.163. The first-order chi connectivity index (χ1) is 19.9. The van der Waals surface area contributed by atoms with Crippen LogP contribution in [0.2, 0.25) is 10.0 Å². The molecule has 0 saturated carbocycles. The van der Waals surface area contributed by atoms with E-state index >= 15 is 0 Å². The molecule has 10 heteroatoms. The first-order valence-corrected chi connectivity index (χ1v) is 13.9. The van der Waals surface area contributed by atoms with Gasteiger partial charge in [0.15, 0.2) is 17.3 Å². The Morgan fingerprint density at radius 2 is 1.76 bits per heavy atom. The van der Waals surface area contributed by atoms with E-state index in [4.69, 9.17) is 42.1 Å². The molecule has 4 aromatic carbocycles. The van der Waals surface area contributed by atoms with Crippen molar-refractivity contribution >= 4 is 67.2 Å². The van der Waals surface area contributed by atoms with Crippen molar-refractivity contribution in [3.8, 4) is 23.1 Å². The van der Waals surface area contributed by atoms with Gasteiger partial charge in [-0.05, 0) is 82.2 Å². The molecule has 0 fully saturated rings. The molecule has 204 valence electrons. The molecule has 0 saturated heterocycles. The third kappa shape index (κ3) is 5.59. The Balaban J connectivity index is 1.39. The molecule has 6 rings (SSSR count). The van der Waals surface area contributed by atoms with Crippen molar-refractivity contribution in [1.29, 1.82) is 0 Å². The van der Waals surface area contributed by atoms with E-state index in [0.29, 0.717) is 60.4 Å².